The highest BCUT2D eigenvalue weighted by atomic mass is 31.2. The lowest BCUT2D eigenvalue weighted by atomic mass is 9.87. The Labute approximate surface area is 336 Å². The molecule has 3 unspecified atom stereocenters. The summed E-state index contributed by atoms with van der Waals surface area (Å²) in [5.41, 5.74) is 0. The summed E-state index contributed by atoms with van der Waals surface area (Å²) >= 11 is 0. The number of rotatable bonds is 26. The molecule has 1 saturated carbocycles. The summed E-state index contributed by atoms with van der Waals surface area (Å²) in [6.45, 7) is 0.542. The molecule has 10 N–H and O–H groups in total. The van der Waals surface area contributed by atoms with E-state index in [9.17, 15) is 48.2 Å². The van der Waals surface area contributed by atoms with Crippen LogP contribution in [0.15, 0.2) is 0 Å². The third-order valence-corrected chi connectivity index (χ3v) is 9.87. The predicted molar refractivity (Wildman–Crippen MR) is 212 cm³/mol. The van der Waals surface area contributed by atoms with E-state index < -0.39 is 91.7 Å². The number of hydrogen-bond donors (Lipinski definition) is 8. The fourth-order valence-corrected chi connectivity index (χ4v) is 7.36. The lowest BCUT2D eigenvalue weighted by Crippen LogP contribution is -2.57. The van der Waals surface area contributed by atoms with E-state index in [2.05, 4.69) is 45.6 Å². The Hall–Kier alpha value is -2.61. The van der Waals surface area contributed by atoms with Gasteiger partial charge < -0.3 is 50.3 Å². The second-order valence-corrected chi connectivity index (χ2v) is 16.2. The van der Waals surface area contributed by atoms with Crippen LogP contribution in [0, 0.1) is 47.9 Å². The zero-order valence-corrected chi connectivity index (χ0v) is 33.9. The minimum absolute atomic E-state index is 0. The maximum absolute atomic E-state index is 12.9. The van der Waals surface area contributed by atoms with E-state index in [1.54, 1.807) is 0 Å². The highest BCUT2D eigenvalue weighted by Crippen LogP contribution is 2.51. The molecule has 1 aliphatic rings. The third-order valence-electron chi connectivity index (χ3n) is 7.79. The van der Waals surface area contributed by atoms with Gasteiger partial charge in [-0.3, -0.25) is 22.9 Å². The molecule has 56 heavy (non-hydrogen) atoms. The number of phosphoric ester groups is 3. The molecule has 0 heterocycles. The summed E-state index contributed by atoms with van der Waals surface area (Å²) in [4.78, 5) is 71.9. The van der Waals surface area contributed by atoms with Crippen molar-refractivity contribution in [1.82, 2.24) is 6.15 Å². The van der Waals surface area contributed by atoms with Crippen molar-refractivity contribution in [1.29, 1.82) is 0 Å². The van der Waals surface area contributed by atoms with Crippen LogP contribution >= 0.6 is 23.5 Å². The summed E-state index contributed by atoms with van der Waals surface area (Å²) < 4.78 is 64.5. The molecular formula is C34H66NO18P3. The Morgan fingerprint density at radius 2 is 1.23 bits per heavy atom. The fourth-order valence-electron chi connectivity index (χ4n) is 5.25. The largest absolute Gasteiger partial charge is 0.472 e. The number of carbonyl (C=O) groups excluding carboxylic acids is 2. The molecule has 0 spiro atoms. The molecule has 0 amide bonds. The Kier molecular flexibility index (Phi) is 27.4. The number of phosphoric acid groups is 3. The monoisotopic (exact) mass is 869 g/mol. The molecule has 0 aliphatic heterocycles. The number of hydrogen-bond acceptors (Lipinski definition) is 14. The molecule has 330 valence electrons. The average molecular weight is 870 g/mol. The molecule has 0 bridgehead atoms. The van der Waals surface area contributed by atoms with Crippen molar-refractivity contribution >= 4 is 35.4 Å². The quantitative estimate of drug-likeness (QED) is 0.0190. The van der Waals surface area contributed by atoms with Crippen molar-refractivity contribution in [2.75, 3.05) is 13.2 Å². The lowest BCUT2D eigenvalue weighted by Gasteiger charge is -2.41. The average Bonchev–Trinajstić information content (AvgIpc) is 3.09. The van der Waals surface area contributed by atoms with Crippen LogP contribution < -0.4 is 6.15 Å². The Morgan fingerprint density at radius 1 is 0.714 bits per heavy atom. The van der Waals surface area contributed by atoms with E-state index in [-0.39, 0.29) is 21.1 Å². The van der Waals surface area contributed by atoms with Crippen molar-refractivity contribution in [2.24, 2.45) is 0 Å². The first-order valence-corrected chi connectivity index (χ1v) is 22.3. The molecule has 1 fully saturated rings. The van der Waals surface area contributed by atoms with Gasteiger partial charge in [0.05, 0.1) is 6.61 Å². The second kappa shape index (κ2) is 28.7. The topological polar surface area (TPSA) is 317 Å². The zero-order chi connectivity index (χ0) is 41.3. The van der Waals surface area contributed by atoms with E-state index in [0.29, 0.717) is 6.42 Å². The van der Waals surface area contributed by atoms with E-state index in [1.165, 1.54) is 44.9 Å². The van der Waals surface area contributed by atoms with Crippen molar-refractivity contribution < 1.29 is 94.1 Å². The Balaban J connectivity index is -0.000000864. The van der Waals surface area contributed by atoms with Crippen LogP contribution in [0.3, 0.4) is 0 Å². The highest BCUT2D eigenvalue weighted by molar-refractivity contribution is 7.47. The summed E-state index contributed by atoms with van der Waals surface area (Å²) in [7, 11) is -16.1. The van der Waals surface area contributed by atoms with E-state index in [1.807, 2.05) is 11.8 Å². The molecule has 7 atom stereocenters. The normalized spacial score (nSPS) is 20.8. The van der Waals surface area contributed by atoms with E-state index in [4.69, 9.17) is 34.7 Å². The van der Waals surface area contributed by atoms with Crippen LogP contribution in [-0.4, -0.2) is 96.5 Å². The molecule has 0 aromatic rings. The maximum Gasteiger partial charge on any atom is 0.472 e. The molecule has 0 radical (unpaired) electrons. The SMILES string of the molecule is C#CC#CC#CC#CC(=O)OC[C@H](COP(=O)(O)OC1C[C@@H](OP(=O)(O)O)C(OP(=O)(O)O)[C@@H](O)[C@H]1O)OC(=O)CCCCCCCCCCCCCCC.N.[HH].[HH].[HH].[HH].[HH].[HH]. The second-order valence-electron chi connectivity index (χ2n) is 12.4. The van der Waals surface area contributed by atoms with Gasteiger partial charge in [0.15, 0.2) is 6.10 Å². The number of ether oxygens (including phenoxy) is 2. The number of aliphatic hydroxyl groups is 2. The van der Waals surface area contributed by atoms with Crippen LogP contribution in [0.25, 0.3) is 0 Å². The van der Waals surface area contributed by atoms with Crippen molar-refractivity contribution in [2.45, 2.75) is 140 Å². The number of terminal acetylenes is 1. The molecule has 22 heteroatoms. The van der Waals surface area contributed by atoms with Crippen molar-refractivity contribution in [3.63, 3.8) is 0 Å². The van der Waals surface area contributed by atoms with Gasteiger partial charge in [-0.2, -0.15) is 0 Å². The molecule has 0 aromatic carbocycles. The summed E-state index contributed by atoms with van der Waals surface area (Å²) in [6, 6.07) is 0. The Morgan fingerprint density at radius 3 is 1.77 bits per heavy atom. The minimum atomic E-state index is -5.42. The highest BCUT2D eigenvalue weighted by Gasteiger charge is 2.51. The van der Waals surface area contributed by atoms with Gasteiger partial charge in [-0.1, -0.05) is 84.0 Å². The maximum atomic E-state index is 12.9. The van der Waals surface area contributed by atoms with Crippen LogP contribution in [0.2, 0.25) is 0 Å². The number of carbonyl (C=O) groups is 2. The molecule has 1 rings (SSSR count). The van der Waals surface area contributed by atoms with Crippen LogP contribution in [0.1, 0.15) is 112 Å². The van der Waals surface area contributed by atoms with Gasteiger partial charge in [-0.15, -0.1) is 6.42 Å². The van der Waals surface area contributed by atoms with Gasteiger partial charge in [0.25, 0.3) is 0 Å². The first kappa shape index (κ1) is 53.4. The van der Waals surface area contributed by atoms with Crippen LogP contribution in [-0.2, 0) is 50.9 Å². The van der Waals surface area contributed by atoms with E-state index in [0.717, 1.165) is 32.1 Å². The van der Waals surface area contributed by atoms with Crippen molar-refractivity contribution in [3.05, 3.63) is 0 Å². The van der Waals surface area contributed by atoms with Gasteiger partial charge in [0.2, 0.25) is 0 Å². The van der Waals surface area contributed by atoms with Crippen LogP contribution in [0.4, 0.5) is 0 Å². The van der Waals surface area contributed by atoms with Gasteiger partial charge in [-0.05, 0) is 41.9 Å². The summed E-state index contributed by atoms with van der Waals surface area (Å²) in [5.74, 6) is 13.3. The molecule has 1 aliphatic carbocycles. The molecule has 19 nitrogen and oxygen atoms in total. The molecule has 0 saturated heterocycles. The Bertz CT molecular complexity index is 1600. The standard InChI is InChI=1S/C34H51O18P3.H3N.6H2/c1-3-5-7-9-11-12-13-14-15-16-17-19-21-23-31(36)49-27(25-47-30(35)22-20-18-10-8-6-4-2)26-48-55(45,46)51-28-24-29(50-53(39,40)41)34(33(38)32(28)37)52-54(42,43)44;;;;;;;/h2,27-29,32-34,37-38H,3,5,7,9,11-17,19,21,23-26H2,1H3,(H,45,46)(H2,39,40,41)(H2,42,43,44);1H3;6*1H/t27-,28?,29-,32+,33+,34?;;;;;;;/m1......./s1. The number of aliphatic hydroxyl groups excluding tert-OH is 2. The van der Waals surface area contributed by atoms with Gasteiger partial charge >= 0.3 is 35.4 Å². The zero-order valence-electron chi connectivity index (χ0n) is 31.2. The smallest absolute Gasteiger partial charge is 0.456 e. The number of unbranched alkanes of at least 4 members (excludes halogenated alkanes) is 12. The number of esters is 2. The van der Waals surface area contributed by atoms with Gasteiger partial charge in [0, 0.05) is 27.3 Å². The molecule has 0 aromatic heterocycles. The first-order valence-electron chi connectivity index (χ1n) is 17.7. The first-order chi connectivity index (χ1) is 25.9. The van der Waals surface area contributed by atoms with Crippen molar-refractivity contribution in [3.8, 4) is 47.9 Å². The minimum Gasteiger partial charge on any atom is -0.456 e. The fraction of sp³-hybridized carbons (Fsp3) is 0.706. The summed E-state index contributed by atoms with van der Waals surface area (Å²) in [6.07, 6.45) is 5.73. The third kappa shape index (κ3) is 26.3. The van der Waals surface area contributed by atoms with Gasteiger partial charge in [0.1, 0.15) is 37.1 Å². The van der Waals surface area contributed by atoms with Gasteiger partial charge in [-0.25, -0.2) is 18.5 Å². The lowest BCUT2D eigenvalue weighted by molar-refractivity contribution is -0.168. The van der Waals surface area contributed by atoms with E-state index >= 15 is 0 Å². The summed E-state index contributed by atoms with van der Waals surface area (Å²) in [5, 5.41) is 20.9. The molecular weight excluding hydrogens is 803 g/mol. The van der Waals surface area contributed by atoms with Crippen LogP contribution in [0.5, 0.6) is 0 Å². The predicted octanol–water partition coefficient (Wildman–Crippen LogP) is 4.79.